The Kier molecular flexibility index (Phi) is 9.82. The van der Waals surface area contributed by atoms with Gasteiger partial charge in [0.05, 0.1) is 27.0 Å². The maximum atomic E-state index is 12.5. The molecular formula is C19H23F3IN3O4. The molecule has 0 amide bonds. The van der Waals surface area contributed by atoms with Crippen molar-refractivity contribution in [3.8, 4) is 23.0 Å². The number of anilines is 1. The fourth-order valence-corrected chi connectivity index (χ4v) is 2.57. The molecule has 0 fully saturated rings. The topological polar surface area (TPSA) is 87.3 Å². The summed E-state index contributed by atoms with van der Waals surface area (Å²) in [6.45, 7) is 0.236. The lowest BCUT2D eigenvalue weighted by molar-refractivity contribution is -0.274. The number of alkyl halides is 3. The molecule has 0 atom stereocenters. The average Bonchev–Trinajstić information content (AvgIpc) is 2.68. The minimum absolute atomic E-state index is 0. The van der Waals surface area contributed by atoms with E-state index in [0.717, 1.165) is 5.56 Å². The van der Waals surface area contributed by atoms with Crippen LogP contribution >= 0.6 is 24.0 Å². The molecule has 2 rings (SSSR count). The fourth-order valence-electron chi connectivity index (χ4n) is 2.57. The molecule has 0 aliphatic rings. The van der Waals surface area contributed by atoms with E-state index in [4.69, 9.17) is 19.9 Å². The van der Waals surface area contributed by atoms with Crippen LogP contribution in [0.3, 0.4) is 0 Å². The Hall–Kier alpha value is -2.57. The van der Waals surface area contributed by atoms with Gasteiger partial charge in [0.15, 0.2) is 11.7 Å². The lowest BCUT2D eigenvalue weighted by atomic mass is 10.1. The third kappa shape index (κ3) is 7.35. The van der Waals surface area contributed by atoms with E-state index >= 15 is 0 Å². The van der Waals surface area contributed by atoms with Gasteiger partial charge in [0.2, 0.25) is 0 Å². The van der Waals surface area contributed by atoms with E-state index in [9.17, 15) is 13.2 Å². The minimum Gasteiger partial charge on any atom is -0.496 e. The highest BCUT2D eigenvalue weighted by molar-refractivity contribution is 14.0. The van der Waals surface area contributed by atoms with E-state index in [1.165, 1.54) is 39.5 Å². The van der Waals surface area contributed by atoms with Crippen molar-refractivity contribution in [3.63, 3.8) is 0 Å². The van der Waals surface area contributed by atoms with Crippen LogP contribution in [-0.2, 0) is 6.42 Å². The van der Waals surface area contributed by atoms with Crippen molar-refractivity contribution >= 4 is 35.6 Å². The van der Waals surface area contributed by atoms with Crippen LogP contribution in [-0.4, -0.2) is 40.2 Å². The third-order valence-electron chi connectivity index (χ3n) is 3.84. The predicted octanol–water partition coefficient (Wildman–Crippen LogP) is 4.20. The molecular weight excluding hydrogens is 518 g/mol. The van der Waals surface area contributed by atoms with E-state index in [1.54, 1.807) is 18.2 Å². The zero-order chi connectivity index (χ0) is 21.4. The first-order valence-electron chi connectivity index (χ1n) is 8.48. The number of methoxy groups -OCH3 is 3. The van der Waals surface area contributed by atoms with Crippen molar-refractivity contribution < 1.29 is 32.1 Å². The lowest BCUT2D eigenvalue weighted by Crippen LogP contribution is -2.25. The maximum absolute atomic E-state index is 12.5. The summed E-state index contributed by atoms with van der Waals surface area (Å²) in [7, 11) is 4.58. The number of rotatable bonds is 8. The smallest absolute Gasteiger partial charge is 0.496 e. The molecule has 0 radical (unpaired) electrons. The van der Waals surface area contributed by atoms with Gasteiger partial charge in [-0.05, 0) is 18.6 Å². The number of halogens is 4. The molecule has 0 bridgehead atoms. The number of aliphatic imine (C=N–C) groups is 1. The Morgan fingerprint density at radius 2 is 1.60 bits per heavy atom. The quantitative estimate of drug-likeness (QED) is 0.296. The summed E-state index contributed by atoms with van der Waals surface area (Å²) in [6, 6.07) is 8.98. The molecule has 7 nitrogen and oxygen atoms in total. The van der Waals surface area contributed by atoms with Crippen LogP contribution < -0.4 is 30.0 Å². The van der Waals surface area contributed by atoms with Gasteiger partial charge in [-0.3, -0.25) is 4.99 Å². The summed E-state index contributed by atoms with van der Waals surface area (Å²) in [5.41, 5.74) is 6.61. The molecule has 0 saturated heterocycles. The summed E-state index contributed by atoms with van der Waals surface area (Å²) in [4.78, 5) is 4.15. The Morgan fingerprint density at radius 1 is 1.00 bits per heavy atom. The van der Waals surface area contributed by atoms with Gasteiger partial charge in [-0.1, -0.05) is 12.1 Å². The standard InChI is InChI=1S/C19H22F3N3O4.HI/c1-26-12-10-16(27-2)13(17(11-12)28-3)8-9-24-18(23)25-14-6-4-5-7-15(14)29-19(20,21)22;/h4-7,10-11H,8-9H2,1-3H3,(H3,23,24,25);1H. The highest BCUT2D eigenvalue weighted by Gasteiger charge is 2.32. The van der Waals surface area contributed by atoms with Crippen molar-refractivity contribution in [2.45, 2.75) is 12.8 Å². The second kappa shape index (κ2) is 11.6. The van der Waals surface area contributed by atoms with Crippen molar-refractivity contribution in [1.29, 1.82) is 0 Å². The number of nitrogens with zero attached hydrogens (tertiary/aromatic N) is 1. The number of guanidine groups is 1. The molecule has 0 saturated carbocycles. The largest absolute Gasteiger partial charge is 0.573 e. The van der Waals surface area contributed by atoms with Crippen LogP contribution in [0, 0.1) is 0 Å². The van der Waals surface area contributed by atoms with Crippen molar-refractivity contribution in [3.05, 3.63) is 42.0 Å². The minimum atomic E-state index is -4.81. The normalized spacial score (nSPS) is 11.3. The second-order valence-electron chi connectivity index (χ2n) is 5.70. The molecule has 0 aromatic heterocycles. The first-order valence-corrected chi connectivity index (χ1v) is 8.48. The van der Waals surface area contributed by atoms with Crippen molar-refractivity contribution in [2.24, 2.45) is 10.7 Å². The molecule has 0 unspecified atom stereocenters. The zero-order valence-electron chi connectivity index (χ0n) is 16.6. The van der Waals surface area contributed by atoms with Crippen molar-refractivity contribution in [2.75, 3.05) is 33.2 Å². The molecule has 0 heterocycles. The van der Waals surface area contributed by atoms with Gasteiger partial charge in [-0.25, -0.2) is 0 Å². The summed E-state index contributed by atoms with van der Waals surface area (Å²) < 4.78 is 57.4. The lowest BCUT2D eigenvalue weighted by Gasteiger charge is -2.15. The first-order chi connectivity index (χ1) is 13.8. The summed E-state index contributed by atoms with van der Waals surface area (Å²) in [6.07, 6.45) is -4.40. The number of nitrogens with two attached hydrogens (primary N) is 1. The van der Waals surface area contributed by atoms with Crippen molar-refractivity contribution in [1.82, 2.24) is 0 Å². The molecule has 0 aliphatic heterocycles. The van der Waals surface area contributed by atoms with E-state index in [-0.39, 0.29) is 42.2 Å². The van der Waals surface area contributed by atoms with E-state index in [2.05, 4.69) is 15.0 Å². The fraction of sp³-hybridized carbons (Fsp3) is 0.316. The van der Waals surface area contributed by atoms with Crippen LogP contribution in [0.2, 0.25) is 0 Å². The van der Waals surface area contributed by atoms with Gasteiger partial charge in [-0.15, -0.1) is 37.1 Å². The van der Waals surface area contributed by atoms with Gasteiger partial charge < -0.3 is 30.0 Å². The Labute approximate surface area is 189 Å². The number of hydrogen-bond donors (Lipinski definition) is 2. The number of benzene rings is 2. The monoisotopic (exact) mass is 541 g/mol. The van der Waals surface area contributed by atoms with Gasteiger partial charge in [0.25, 0.3) is 0 Å². The summed E-state index contributed by atoms with van der Waals surface area (Å²) in [5.74, 6) is 1.23. The Bertz CT molecular complexity index is 838. The molecule has 0 spiro atoms. The van der Waals surface area contributed by atoms with E-state index in [0.29, 0.717) is 23.7 Å². The zero-order valence-corrected chi connectivity index (χ0v) is 18.9. The molecule has 11 heteroatoms. The Balaban J connectivity index is 0.00000450. The van der Waals surface area contributed by atoms with Crippen LogP contribution in [0.4, 0.5) is 18.9 Å². The summed E-state index contributed by atoms with van der Waals surface area (Å²) in [5, 5.41) is 2.62. The highest BCUT2D eigenvalue weighted by Crippen LogP contribution is 2.34. The summed E-state index contributed by atoms with van der Waals surface area (Å²) >= 11 is 0. The van der Waals surface area contributed by atoms with Gasteiger partial charge >= 0.3 is 6.36 Å². The van der Waals surface area contributed by atoms with Gasteiger partial charge in [0, 0.05) is 24.2 Å². The second-order valence-corrected chi connectivity index (χ2v) is 5.70. The molecule has 0 aliphatic carbocycles. The number of hydrogen-bond acceptors (Lipinski definition) is 5. The third-order valence-corrected chi connectivity index (χ3v) is 3.84. The molecule has 166 valence electrons. The van der Waals surface area contributed by atoms with E-state index in [1.807, 2.05) is 0 Å². The predicted molar refractivity (Wildman–Crippen MR) is 118 cm³/mol. The van der Waals surface area contributed by atoms with E-state index < -0.39 is 12.1 Å². The Morgan fingerprint density at radius 3 is 2.13 bits per heavy atom. The van der Waals surface area contributed by atoms with Crippen LogP contribution in [0.15, 0.2) is 41.4 Å². The van der Waals surface area contributed by atoms with Crippen LogP contribution in [0.25, 0.3) is 0 Å². The van der Waals surface area contributed by atoms with Crippen LogP contribution in [0.1, 0.15) is 5.56 Å². The molecule has 2 aromatic rings. The molecule has 30 heavy (non-hydrogen) atoms. The molecule has 2 aromatic carbocycles. The average molecular weight is 541 g/mol. The highest BCUT2D eigenvalue weighted by atomic mass is 127. The number of para-hydroxylation sites is 2. The SMILES string of the molecule is COc1cc(OC)c(CCN=C(N)Nc2ccccc2OC(F)(F)F)c(OC)c1.I. The first kappa shape index (κ1) is 25.5. The number of nitrogens with one attached hydrogen (secondary N) is 1. The maximum Gasteiger partial charge on any atom is 0.573 e. The van der Waals surface area contributed by atoms with Gasteiger partial charge in [0.1, 0.15) is 17.2 Å². The van der Waals surface area contributed by atoms with Gasteiger partial charge in [-0.2, -0.15) is 0 Å². The number of ether oxygens (including phenoxy) is 4. The van der Waals surface area contributed by atoms with Crippen LogP contribution in [0.5, 0.6) is 23.0 Å². The molecule has 3 N–H and O–H groups in total.